The molecule has 1 atom stereocenters. The van der Waals surface area contributed by atoms with Gasteiger partial charge in [-0.25, -0.2) is 9.36 Å². The Bertz CT molecular complexity index is 523. The zero-order valence-electron chi connectivity index (χ0n) is 13.2. The van der Waals surface area contributed by atoms with Crippen LogP contribution >= 0.6 is 7.75 Å². The van der Waals surface area contributed by atoms with Crippen LogP contribution in [0.2, 0.25) is 0 Å². The second-order valence-electron chi connectivity index (χ2n) is 4.36. The Morgan fingerprint density at radius 2 is 1.73 bits per heavy atom. The zero-order chi connectivity index (χ0) is 16.8. The van der Waals surface area contributed by atoms with Crippen LogP contribution in [-0.4, -0.2) is 37.4 Å². The third kappa shape index (κ3) is 4.22. The predicted octanol–water partition coefficient (Wildman–Crippen LogP) is 3.16. The standard InChI is InChI=1S/C14H22NO6P/c1-5-20-22(18,21-6-2)15(11(3)14(16)17)12-7-9-13(19-4)10-8-12/h7-11H,5-6H2,1-4H3,(H,16,17)/t11-/m0/s1. The average molecular weight is 331 g/mol. The van der Waals surface area contributed by atoms with Crippen LogP contribution in [-0.2, 0) is 18.4 Å². The number of ether oxygens (including phenoxy) is 1. The van der Waals surface area contributed by atoms with E-state index in [1.807, 2.05) is 0 Å². The minimum atomic E-state index is -3.77. The molecule has 0 aliphatic rings. The lowest BCUT2D eigenvalue weighted by Crippen LogP contribution is -2.37. The Hall–Kier alpha value is -1.56. The molecule has 0 spiro atoms. The lowest BCUT2D eigenvalue weighted by Gasteiger charge is -2.34. The van der Waals surface area contributed by atoms with Crippen molar-refractivity contribution in [3.05, 3.63) is 24.3 Å². The van der Waals surface area contributed by atoms with E-state index in [2.05, 4.69) is 0 Å². The van der Waals surface area contributed by atoms with Crippen molar-refractivity contribution in [2.24, 2.45) is 0 Å². The number of rotatable bonds is 9. The first kappa shape index (κ1) is 18.5. The van der Waals surface area contributed by atoms with E-state index in [-0.39, 0.29) is 13.2 Å². The molecule has 1 rings (SSSR count). The number of methoxy groups -OCH3 is 1. The van der Waals surface area contributed by atoms with E-state index in [0.29, 0.717) is 11.4 Å². The van der Waals surface area contributed by atoms with Gasteiger partial charge in [-0.15, -0.1) is 0 Å². The summed E-state index contributed by atoms with van der Waals surface area (Å²) in [5.41, 5.74) is 0.418. The van der Waals surface area contributed by atoms with E-state index in [4.69, 9.17) is 13.8 Å². The molecule has 0 bridgehead atoms. The van der Waals surface area contributed by atoms with Crippen LogP contribution in [0.5, 0.6) is 5.75 Å². The second kappa shape index (κ2) is 8.17. The summed E-state index contributed by atoms with van der Waals surface area (Å²) in [7, 11) is -2.25. The van der Waals surface area contributed by atoms with Crippen molar-refractivity contribution in [1.82, 2.24) is 0 Å². The van der Waals surface area contributed by atoms with E-state index in [1.165, 1.54) is 18.7 Å². The topological polar surface area (TPSA) is 85.3 Å². The van der Waals surface area contributed by atoms with Crippen molar-refractivity contribution in [1.29, 1.82) is 0 Å². The van der Waals surface area contributed by atoms with Gasteiger partial charge in [-0.1, -0.05) is 0 Å². The maximum Gasteiger partial charge on any atom is 0.436 e. The number of carboxylic acids is 1. The molecule has 0 unspecified atom stereocenters. The van der Waals surface area contributed by atoms with Gasteiger partial charge in [-0.05, 0) is 45.0 Å². The highest BCUT2D eigenvalue weighted by Crippen LogP contribution is 2.55. The van der Waals surface area contributed by atoms with Crippen LogP contribution in [0.3, 0.4) is 0 Å². The Balaban J connectivity index is 3.32. The summed E-state index contributed by atoms with van der Waals surface area (Å²) in [5, 5.41) is 9.32. The second-order valence-corrected chi connectivity index (χ2v) is 6.25. The highest BCUT2D eigenvalue weighted by Gasteiger charge is 2.39. The summed E-state index contributed by atoms with van der Waals surface area (Å²) in [4.78, 5) is 11.4. The first-order chi connectivity index (χ1) is 10.4. The number of benzene rings is 1. The van der Waals surface area contributed by atoms with Crippen LogP contribution in [0, 0.1) is 0 Å². The van der Waals surface area contributed by atoms with Crippen LogP contribution in [0.25, 0.3) is 0 Å². The smallest absolute Gasteiger partial charge is 0.436 e. The Morgan fingerprint density at radius 3 is 2.09 bits per heavy atom. The average Bonchev–Trinajstić information content (AvgIpc) is 2.48. The Kier molecular flexibility index (Phi) is 6.87. The molecular formula is C14H22NO6P. The fourth-order valence-electron chi connectivity index (χ4n) is 1.90. The molecule has 1 aromatic carbocycles. The van der Waals surface area contributed by atoms with Crippen molar-refractivity contribution in [3.63, 3.8) is 0 Å². The van der Waals surface area contributed by atoms with E-state index in [0.717, 1.165) is 0 Å². The number of aliphatic carboxylic acids is 1. The van der Waals surface area contributed by atoms with Crippen LogP contribution in [0.4, 0.5) is 5.69 Å². The SMILES string of the molecule is CCOP(=O)(OCC)N(c1ccc(OC)cc1)[C@@H](C)C(=O)O. The Labute approximate surface area is 130 Å². The molecule has 0 aliphatic carbocycles. The van der Waals surface area contributed by atoms with Gasteiger partial charge in [0.15, 0.2) is 0 Å². The summed E-state index contributed by atoms with van der Waals surface area (Å²) in [6.45, 7) is 5.04. The quantitative estimate of drug-likeness (QED) is 0.696. The number of hydrogen-bond donors (Lipinski definition) is 1. The van der Waals surface area contributed by atoms with Crippen molar-refractivity contribution in [2.75, 3.05) is 25.0 Å². The predicted molar refractivity (Wildman–Crippen MR) is 83.4 cm³/mol. The highest BCUT2D eigenvalue weighted by molar-refractivity contribution is 7.55. The molecule has 7 nitrogen and oxygen atoms in total. The summed E-state index contributed by atoms with van der Waals surface area (Å²) < 4.78 is 29.8. The normalized spacial score (nSPS) is 12.7. The zero-order valence-corrected chi connectivity index (χ0v) is 14.1. The van der Waals surface area contributed by atoms with E-state index < -0.39 is 19.8 Å². The molecule has 0 heterocycles. The first-order valence-electron chi connectivity index (χ1n) is 6.95. The van der Waals surface area contributed by atoms with E-state index >= 15 is 0 Å². The number of carbonyl (C=O) groups is 1. The molecule has 8 heteroatoms. The molecule has 0 amide bonds. The largest absolute Gasteiger partial charge is 0.497 e. The van der Waals surface area contributed by atoms with Crippen LogP contribution in [0.15, 0.2) is 24.3 Å². The number of hydrogen-bond acceptors (Lipinski definition) is 5. The van der Waals surface area contributed by atoms with Crippen molar-refractivity contribution >= 4 is 19.4 Å². The summed E-state index contributed by atoms with van der Waals surface area (Å²) in [6.07, 6.45) is 0. The lowest BCUT2D eigenvalue weighted by molar-refractivity contribution is -0.138. The third-order valence-electron chi connectivity index (χ3n) is 2.91. The number of carboxylic acid groups (broad SMARTS) is 1. The number of nitrogens with zero attached hydrogens (tertiary/aromatic N) is 1. The molecular weight excluding hydrogens is 309 g/mol. The van der Waals surface area contributed by atoms with Gasteiger partial charge in [0.1, 0.15) is 11.8 Å². The Morgan fingerprint density at radius 1 is 1.23 bits per heavy atom. The fraction of sp³-hybridized carbons (Fsp3) is 0.500. The van der Waals surface area contributed by atoms with Gasteiger partial charge >= 0.3 is 13.7 Å². The summed E-state index contributed by atoms with van der Waals surface area (Å²) in [5.74, 6) is -0.523. The van der Waals surface area contributed by atoms with Crippen molar-refractivity contribution < 1.29 is 28.3 Å². The maximum atomic E-state index is 13.0. The van der Waals surface area contributed by atoms with Gasteiger partial charge in [0.25, 0.3) is 0 Å². The van der Waals surface area contributed by atoms with Crippen LogP contribution in [0.1, 0.15) is 20.8 Å². The van der Waals surface area contributed by atoms with Gasteiger partial charge in [0.2, 0.25) is 0 Å². The molecule has 0 aromatic heterocycles. The van der Waals surface area contributed by atoms with Crippen LogP contribution < -0.4 is 9.41 Å². The van der Waals surface area contributed by atoms with Gasteiger partial charge in [0, 0.05) is 5.69 Å². The number of anilines is 1. The highest BCUT2D eigenvalue weighted by atomic mass is 31.2. The molecule has 22 heavy (non-hydrogen) atoms. The van der Waals surface area contributed by atoms with Crippen molar-refractivity contribution in [2.45, 2.75) is 26.8 Å². The summed E-state index contributed by atoms with van der Waals surface area (Å²) >= 11 is 0. The molecule has 1 aromatic rings. The molecule has 1 N–H and O–H groups in total. The molecule has 124 valence electrons. The fourth-order valence-corrected chi connectivity index (χ4v) is 3.82. The monoisotopic (exact) mass is 331 g/mol. The summed E-state index contributed by atoms with van der Waals surface area (Å²) in [6, 6.07) is 5.45. The molecule has 0 fully saturated rings. The van der Waals surface area contributed by atoms with Gasteiger partial charge in [-0.3, -0.25) is 13.7 Å². The third-order valence-corrected chi connectivity index (χ3v) is 5.18. The minimum absolute atomic E-state index is 0.135. The van der Waals surface area contributed by atoms with E-state index in [9.17, 15) is 14.5 Å². The molecule has 0 aliphatic heterocycles. The first-order valence-corrected chi connectivity index (χ1v) is 8.44. The maximum absolute atomic E-state index is 13.0. The van der Waals surface area contributed by atoms with E-state index in [1.54, 1.807) is 38.1 Å². The molecule has 0 radical (unpaired) electrons. The van der Waals surface area contributed by atoms with Gasteiger partial charge in [0.05, 0.1) is 20.3 Å². The molecule has 0 saturated heterocycles. The lowest BCUT2D eigenvalue weighted by atomic mass is 10.2. The minimum Gasteiger partial charge on any atom is -0.497 e. The van der Waals surface area contributed by atoms with Gasteiger partial charge in [-0.2, -0.15) is 0 Å². The molecule has 0 saturated carbocycles. The van der Waals surface area contributed by atoms with Gasteiger partial charge < -0.3 is 9.84 Å². The van der Waals surface area contributed by atoms with Crippen molar-refractivity contribution in [3.8, 4) is 5.75 Å².